The number of rotatable bonds is 6. The van der Waals surface area contributed by atoms with Crippen molar-refractivity contribution in [3.05, 3.63) is 65.5 Å². The average molecular weight is 297 g/mol. The quantitative estimate of drug-likeness (QED) is 0.753. The molecule has 2 rings (SSSR count). The highest BCUT2D eigenvalue weighted by Gasteiger charge is 2.17. The van der Waals surface area contributed by atoms with Gasteiger partial charge in [0.2, 0.25) is 0 Å². The second-order valence-corrected chi connectivity index (χ2v) is 5.99. The predicted octanol–water partition coefficient (Wildman–Crippen LogP) is 4.13. The molecule has 1 atom stereocenters. The highest BCUT2D eigenvalue weighted by atomic mass is 16.5. The van der Waals surface area contributed by atoms with Crippen LogP contribution in [0.4, 0.5) is 0 Å². The molecule has 0 radical (unpaired) electrons. The van der Waals surface area contributed by atoms with Gasteiger partial charge in [0.05, 0.1) is 11.6 Å². The molecule has 1 heterocycles. The molecule has 1 aromatic heterocycles. The zero-order chi connectivity index (χ0) is 15.9. The van der Waals surface area contributed by atoms with Crippen LogP contribution in [0.25, 0.3) is 0 Å². The molecule has 116 valence electrons. The summed E-state index contributed by atoms with van der Waals surface area (Å²) in [5, 5.41) is 0. The Kier molecular flexibility index (Phi) is 5.70. The smallest absolute Gasteiger partial charge is 0.313 e. The molecule has 1 aromatic carbocycles. The molecule has 0 unspecified atom stereocenters. The second-order valence-electron chi connectivity index (χ2n) is 5.99. The number of carbonyl (C=O) groups is 1. The number of ether oxygens (including phenoxy) is 1. The van der Waals surface area contributed by atoms with E-state index < -0.39 is 0 Å². The zero-order valence-electron chi connectivity index (χ0n) is 13.5. The Morgan fingerprint density at radius 3 is 2.41 bits per heavy atom. The summed E-state index contributed by atoms with van der Waals surface area (Å²) in [5.74, 6) is 0.144. The van der Waals surface area contributed by atoms with E-state index in [9.17, 15) is 4.79 Å². The maximum absolute atomic E-state index is 12.1. The van der Waals surface area contributed by atoms with Gasteiger partial charge in [0.25, 0.3) is 0 Å². The number of nitrogens with zero attached hydrogens (tertiary/aromatic N) is 1. The van der Waals surface area contributed by atoms with Crippen molar-refractivity contribution in [2.45, 2.75) is 39.7 Å². The third-order valence-electron chi connectivity index (χ3n) is 3.57. The molecule has 0 aliphatic heterocycles. The van der Waals surface area contributed by atoms with Gasteiger partial charge in [-0.25, -0.2) is 0 Å². The fourth-order valence-corrected chi connectivity index (χ4v) is 2.30. The molecular weight excluding hydrogens is 274 g/mol. The monoisotopic (exact) mass is 297 g/mol. The molecule has 0 N–H and O–H groups in total. The van der Waals surface area contributed by atoms with Crippen molar-refractivity contribution in [3.8, 4) is 0 Å². The van der Waals surface area contributed by atoms with E-state index in [0.29, 0.717) is 5.92 Å². The normalized spacial score (nSPS) is 12.2. The molecule has 3 heteroatoms. The Hall–Kier alpha value is -2.16. The Bertz CT molecular complexity index is 591. The van der Waals surface area contributed by atoms with Crippen molar-refractivity contribution in [2.24, 2.45) is 5.92 Å². The van der Waals surface area contributed by atoms with Gasteiger partial charge in [0.15, 0.2) is 0 Å². The van der Waals surface area contributed by atoms with E-state index in [0.717, 1.165) is 17.7 Å². The highest BCUT2D eigenvalue weighted by Crippen LogP contribution is 2.19. The maximum Gasteiger partial charge on any atom is 0.313 e. The largest absolute Gasteiger partial charge is 0.459 e. The number of pyridine rings is 1. The summed E-state index contributed by atoms with van der Waals surface area (Å²) < 4.78 is 5.34. The molecule has 0 bridgehead atoms. The lowest BCUT2D eigenvalue weighted by Gasteiger charge is -2.13. The van der Waals surface area contributed by atoms with E-state index in [1.807, 2.05) is 37.3 Å². The van der Waals surface area contributed by atoms with Crippen molar-refractivity contribution in [3.63, 3.8) is 0 Å². The van der Waals surface area contributed by atoms with Crippen molar-refractivity contribution in [1.82, 2.24) is 4.98 Å². The molecule has 0 saturated heterocycles. The second kappa shape index (κ2) is 7.74. The SMILES string of the molecule is CC(C)Cc1ccc([C@H](C)C(=O)OCc2ccccn2)cc1. The third-order valence-corrected chi connectivity index (χ3v) is 3.57. The number of hydrogen-bond donors (Lipinski definition) is 0. The fraction of sp³-hybridized carbons (Fsp3) is 0.368. The Morgan fingerprint density at radius 2 is 1.82 bits per heavy atom. The first kappa shape index (κ1) is 16.2. The van der Waals surface area contributed by atoms with Crippen molar-refractivity contribution in [2.75, 3.05) is 0 Å². The number of hydrogen-bond acceptors (Lipinski definition) is 3. The van der Waals surface area contributed by atoms with Crippen LogP contribution < -0.4 is 0 Å². The highest BCUT2D eigenvalue weighted by molar-refractivity contribution is 5.77. The first-order valence-electron chi connectivity index (χ1n) is 7.71. The van der Waals surface area contributed by atoms with E-state index in [4.69, 9.17) is 4.74 Å². The molecule has 2 aromatic rings. The van der Waals surface area contributed by atoms with Crippen LogP contribution in [0.15, 0.2) is 48.7 Å². The van der Waals surface area contributed by atoms with E-state index in [2.05, 4.69) is 31.0 Å². The lowest BCUT2D eigenvalue weighted by atomic mass is 9.97. The molecule has 0 amide bonds. The standard InChI is InChI=1S/C19H23NO2/c1-14(2)12-16-7-9-17(10-8-16)15(3)19(21)22-13-18-6-4-5-11-20-18/h4-11,14-15H,12-13H2,1-3H3/t15-/m0/s1. The number of aromatic nitrogens is 1. The molecule has 0 saturated carbocycles. The predicted molar refractivity (Wildman–Crippen MR) is 87.4 cm³/mol. The summed E-state index contributed by atoms with van der Waals surface area (Å²) in [7, 11) is 0. The van der Waals surface area contributed by atoms with Crippen molar-refractivity contribution < 1.29 is 9.53 Å². The first-order valence-corrected chi connectivity index (χ1v) is 7.71. The van der Waals surface area contributed by atoms with Gasteiger partial charge in [-0.2, -0.15) is 0 Å². The van der Waals surface area contributed by atoms with Crippen LogP contribution in [-0.4, -0.2) is 11.0 Å². The minimum atomic E-state index is -0.267. The van der Waals surface area contributed by atoms with Gasteiger partial charge in [-0.3, -0.25) is 9.78 Å². The van der Waals surface area contributed by atoms with Crippen LogP contribution in [0, 0.1) is 5.92 Å². The zero-order valence-corrected chi connectivity index (χ0v) is 13.5. The minimum absolute atomic E-state index is 0.218. The Labute approximate surface area is 132 Å². The fourth-order valence-electron chi connectivity index (χ4n) is 2.30. The van der Waals surface area contributed by atoms with E-state index in [1.165, 1.54) is 5.56 Å². The summed E-state index contributed by atoms with van der Waals surface area (Å²) >= 11 is 0. The summed E-state index contributed by atoms with van der Waals surface area (Å²) in [4.78, 5) is 16.3. The van der Waals surface area contributed by atoms with Gasteiger partial charge < -0.3 is 4.74 Å². The van der Waals surface area contributed by atoms with Gasteiger partial charge in [-0.15, -0.1) is 0 Å². The Morgan fingerprint density at radius 1 is 1.09 bits per heavy atom. The van der Waals surface area contributed by atoms with Crippen LogP contribution >= 0.6 is 0 Å². The van der Waals surface area contributed by atoms with E-state index in [1.54, 1.807) is 6.20 Å². The summed E-state index contributed by atoms with van der Waals surface area (Å²) in [6.07, 6.45) is 2.75. The van der Waals surface area contributed by atoms with Crippen LogP contribution in [-0.2, 0) is 22.6 Å². The van der Waals surface area contributed by atoms with Gasteiger partial charge in [-0.1, -0.05) is 44.2 Å². The molecule has 0 aliphatic carbocycles. The first-order chi connectivity index (χ1) is 10.6. The topological polar surface area (TPSA) is 39.2 Å². The van der Waals surface area contributed by atoms with Crippen LogP contribution in [0.5, 0.6) is 0 Å². The molecule has 3 nitrogen and oxygen atoms in total. The molecule has 22 heavy (non-hydrogen) atoms. The average Bonchev–Trinajstić information content (AvgIpc) is 2.53. The molecule has 0 fully saturated rings. The number of benzene rings is 1. The molecular formula is C19H23NO2. The van der Waals surface area contributed by atoms with E-state index in [-0.39, 0.29) is 18.5 Å². The summed E-state index contributed by atoms with van der Waals surface area (Å²) in [6, 6.07) is 13.8. The lowest BCUT2D eigenvalue weighted by molar-refractivity contribution is -0.146. The number of carbonyl (C=O) groups excluding carboxylic acids is 1. The van der Waals surface area contributed by atoms with Crippen LogP contribution in [0.1, 0.15) is 43.5 Å². The van der Waals surface area contributed by atoms with Crippen molar-refractivity contribution in [1.29, 1.82) is 0 Å². The van der Waals surface area contributed by atoms with E-state index >= 15 is 0 Å². The third kappa shape index (κ3) is 4.69. The van der Waals surface area contributed by atoms with Gasteiger partial charge in [0, 0.05) is 6.20 Å². The summed E-state index contributed by atoms with van der Waals surface area (Å²) in [5.41, 5.74) is 3.04. The summed E-state index contributed by atoms with van der Waals surface area (Å²) in [6.45, 7) is 6.49. The van der Waals surface area contributed by atoms with Gasteiger partial charge >= 0.3 is 5.97 Å². The van der Waals surface area contributed by atoms with Crippen LogP contribution in [0.2, 0.25) is 0 Å². The van der Waals surface area contributed by atoms with Gasteiger partial charge in [0.1, 0.15) is 6.61 Å². The minimum Gasteiger partial charge on any atom is -0.459 e. The molecule has 0 spiro atoms. The lowest BCUT2D eigenvalue weighted by Crippen LogP contribution is -2.13. The molecule has 0 aliphatic rings. The van der Waals surface area contributed by atoms with Crippen molar-refractivity contribution >= 4 is 5.97 Å². The van der Waals surface area contributed by atoms with Crippen LogP contribution in [0.3, 0.4) is 0 Å². The maximum atomic E-state index is 12.1. The number of esters is 1. The Balaban J connectivity index is 1.92. The van der Waals surface area contributed by atoms with Gasteiger partial charge in [-0.05, 0) is 42.5 Å².